The van der Waals surface area contributed by atoms with Crippen LogP contribution in [0, 0.1) is 0 Å². The van der Waals surface area contributed by atoms with Gasteiger partial charge in [-0.1, -0.05) is 40.2 Å². The van der Waals surface area contributed by atoms with Crippen molar-refractivity contribution in [3.63, 3.8) is 0 Å². The number of nitrogens with zero attached hydrogens (tertiary/aromatic N) is 1. The van der Waals surface area contributed by atoms with Crippen LogP contribution in [0.2, 0.25) is 0 Å². The van der Waals surface area contributed by atoms with Crippen LogP contribution in [-0.2, 0) is 5.54 Å². The number of benzene rings is 2. The van der Waals surface area contributed by atoms with E-state index in [-0.39, 0.29) is 0 Å². The lowest BCUT2D eigenvalue weighted by Crippen LogP contribution is -2.34. The van der Waals surface area contributed by atoms with E-state index in [0.717, 1.165) is 26.5 Å². The fourth-order valence-corrected chi connectivity index (χ4v) is 2.63. The van der Waals surface area contributed by atoms with Gasteiger partial charge in [0.05, 0.1) is 11.1 Å². The minimum atomic E-state index is -0.523. The summed E-state index contributed by atoms with van der Waals surface area (Å²) in [6, 6.07) is 18.3. The van der Waals surface area contributed by atoms with Gasteiger partial charge in [-0.25, -0.2) is 0 Å². The minimum Gasteiger partial charge on any atom is -0.318 e. The van der Waals surface area contributed by atoms with E-state index in [9.17, 15) is 0 Å². The maximum atomic E-state index is 6.56. The number of pyridine rings is 1. The Morgan fingerprint density at radius 2 is 1.70 bits per heavy atom. The van der Waals surface area contributed by atoms with E-state index in [4.69, 9.17) is 5.73 Å². The van der Waals surface area contributed by atoms with Crippen LogP contribution in [0.25, 0.3) is 10.9 Å². The van der Waals surface area contributed by atoms with Gasteiger partial charge in [-0.15, -0.1) is 0 Å². The standard InChI is InChI=1S/C17H15BrN2/c1-17(19,13-4-7-15(18)8-5-13)14-6-9-16-12(11-14)3-2-10-20-16/h2-11H,19H2,1H3. The first kappa shape index (κ1) is 13.3. The van der Waals surface area contributed by atoms with Crippen LogP contribution < -0.4 is 5.73 Å². The number of hydrogen-bond acceptors (Lipinski definition) is 2. The first-order valence-corrected chi connectivity index (χ1v) is 7.27. The van der Waals surface area contributed by atoms with Gasteiger partial charge in [0.15, 0.2) is 0 Å². The molecule has 3 aromatic rings. The number of halogens is 1. The second-order valence-electron chi connectivity index (χ2n) is 5.12. The van der Waals surface area contributed by atoms with Crippen LogP contribution in [0.1, 0.15) is 18.1 Å². The molecule has 0 spiro atoms. The quantitative estimate of drug-likeness (QED) is 0.765. The predicted octanol–water partition coefficient (Wildman–Crippen LogP) is 4.22. The highest BCUT2D eigenvalue weighted by Gasteiger charge is 2.23. The molecular formula is C17H15BrN2. The topological polar surface area (TPSA) is 38.9 Å². The number of hydrogen-bond donors (Lipinski definition) is 1. The predicted molar refractivity (Wildman–Crippen MR) is 86.5 cm³/mol. The average Bonchev–Trinajstić information content (AvgIpc) is 2.47. The van der Waals surface area contributed by atoms with Gasteiger partial charge < -0.3 is 5.73 Å². The Labute approximate surface area is 126 Å². The molecule has 20 heavy (non-hydrogen) atoms. The first-order chi connectivity index (χ1) is 9.57. The molecule has 0 fully saturated rings. The average molecular weight is 327 g/mol. The number of aromatic nitrogens is 1. The molecule has 0 saturated heterocycles. The molecule has 100 valence electrons. The number of rotatable bonds is 2. The summed E-state index contributed by atoms with van der Waals surface area (Å²) < 4.78 is 1.06. The lowest BCUT2D eigenvalue weighted by molar-refractivity contribution is 0.604. The minimum absolute atomic E-state index is 0.523. The molecule has 1 heterocycles. The molecule has 0 aliphatic rings. The van der Waals surface area contributed by atoms with Crippen LogP contribution in [0.5, 0.6) is 0 Å². The molecule has 3 rings (SSSR count). The van der Waals surface area contributed by atoms with Crippen LogP contribution in [0.4, 0.5) is 0 Å². The Balaban J connectivity index is 2.10. The molecule has 0 aliphatic carbocycles. The highest BCUT2D eigenvalue weighted by atomic mass is 79.9. The van der Waals surface area contributed by atoms with Crippen LogP contribution >= 0.6 is 15.9 Å². The third kappa shape index (κ3) is 2.35. The normalized spacial score (nSPS) is 14.2. The second kappa shape index (κ2) is 5.00. The second-order valence-corrected chi connectivity index (χ2v) is 6.04. The summed E-state index contributed by atoms with van der Waals surface area (Å²) in [6.07, 6.45) is 1.80. The molecule has 1 atom stereocenters. The maximum absolute atomic E-state index is 6.56. The lowest BCUT2D eigenvalue weighted by Gasteiger charge is -2.26. The summed E-state index contributed by atoms with van der Waals surface area (Å²) in [5.41, 5.74) is 9.20. The molecular weight excluding hydrogens is 312 g/mol. The Kier molecular flexibility index (Phi) is 3.32. The van der Waals surface area contributed by atoms with E-state index < -0.39 is 5.54 Å². The summed E-state index contributed by atoms with van der Waals surface area (Å²) in [5, 5.41) is 1.11. The SMILES string of the molecule is CC(N)(c1ccc(Br)cc1)c1ccc2ncccc2c1. The molecule has 1 unspecified atom stereocenters. The number of fused-ring (bicyclic) bond motifs is 1. The Hall–Kier alpha value is -1.71. The van der Waals surface area contributed by atoms with Gasteiger partial charge >= 0.3 is 0 Å². The highest BCUT2D eigenvalue weighted by molar-refractivity contribution is 9.10. The van der Waals surface area contributed by atoms with Gasteiger partial charge in [-0.05, 0) is 48.4 Å². The smallest absolute Gasteiger partial charge is 0.0702 e. The molecule has 0 aliphatic heterocycles. The third-order valence-electron chi connectivity index (χ3n) is 3.65. The van der Waals surface area contributed by atoms with Gasteiger partial charge in [-0.3, -0.25) is 4.98 Å². The zero-order valence-electron chi connectivity index (χ0n) is 11.2. The Bertz CT molecular complexity index is 748. The van der Waals surface area contributed by atoms with Crippen molar-refractivity contribution < 1.29 is 0 Å². The molecule has 1 aromatic heterocycles. The molecule has 0 amide bonds. The molecule has 2 N–H and O–H groups in total. The van der Waals surface area contributed by atoms with Crippen molar-refractivity contribution >= 4 is 26.8 Å². The van der Waals surface area contributed by atoms with Crippen LogP contribution in [0.15, 0.2) is 65.3 Å². The van der Waals surface area contributed by atoms with Gasteiger partial charge in [0, 0.05) is 16.1 Å². The van der Waals surface area contributed by atoms with Gasteiger partial charge in [0.2, 0.25) is 0 Å². The molecule has 2 aromatic carbocycles. The van der Waals surface area contributed by atoms with E-state index in [0.29, 0.717) is 0 Å². The molecule has 3 heteroatoms. The zero-order chi connectivity index (χ0) is 14.2. The first-order valence-electron chi connectivity index (χ1n) is 6.47. The Morgan fingerprint density at radius 1 is 1.00 bits per heavy atom. The Morgan fingerprint density at radius 3 is 2.45 bits per heavy atom. The summed E-state index contributed by atoms with van der Waals surface area (Å²) >= 11 is 3.45. The van der Waals surface area contributed by atoms with Gasteiger partial charge in [-0.2, -0.15) is 0 Å². The molecule has 0 saturated carbocycles. The van der Waals surface area contributed by atoms with Gasteiger partial charge in [0.1, 0.15) is 0 Å². The lowest BCUT2D eigenvalue weighted by atomic mass is 9.85. The summed E-state index contributed by atoms with van der Waals surface area (Å²) in [4.78, 5) is 4.34. The van der Waals surface area contributed by atoms with Gasteiger partial charge in [0.25, 0.3) is 0 Å². The van der Waals surface area contributed by atoms with Crippen molar-refractivity contribution in [1.82, 2.24) is 4.98 Å². The van der Waals surface area contributed by atoms with E-state index in [1.54, 1.807) is 6.20 Å². The largest absolute Gasteiger partial charge is 0.318 e. The van der Waals surface area contributed by atoms with Crippen molar-refractivity contribution in [2.24, 2.45) is 5.73 Å². The summed E-state index contributed by atoms with van der Waals surface area (Å²) in [7, 11) is 0. The van der Waals surface area contributed by atoms with Crippen molar-refractivity contribution in [2.45, 2.75) is 12.5 Å². The molecule has 0 bridgehead atoms. The number of nitrogens with two attached hydrogens (primary N) is 1. The van der Waals surface area contributed by atoms with Crippen molar-refractivity contribution in [3.05, 3.63) is 76.4 Å². The van der Waals surface area contributed by atoms with Crippen molar-refractivity contribution in [3.8, 4) is 0 Å². The third-order valence-corrected chi connectivity index (χ3v) is 4.18. The van der Waals surface area contributed by atoms with E-state index in [1.165, 1.54) is 0 Å². The molecule has 2 nitrogen and oxygen atoms in total. The zero-order valence-corrected chi connectivity index (χ0v) is 12.8. The van der Waals surface area contributed by atoms with E-state index in [1.807, 2.05) is 31.2 Å². The summed E-state index contributed by atoms with van der Waals surface area (Å²) in [6.45, 7) is 2.04. The fourth-order valence-electron chi connectivity index (χ4n) is 2.36. The van der Waals surface area contributed by atoms with Crippen LogP contribution in [0.3, 0.4) is 0 Å². The van der Waals surface area contributed by atoms with Crippen molar-refractivity contribution in [2.75, 3.05) is 0 Å². The van der Waals surface area contributed by atoms with Crippen molar-refractivity contribution in [1.29, 1.82) is 0 Å². The monoisotopic (exact) mass is 326 g/mol. The summed E-state index contributed by atoms with van der Waals surface area (Å²) in [5.74, 6) is 0. The van der Waals surface area contributed by atoms with E-state index in [2.05, 4.69) is 51.2 Å². The fraction of sp³-hybridized carbons (Fsp3) is 0.118. The maximum Gasteiger partial charge on any atom is 0.0702 e. The highest BCUT2D eigenvalue weighted by Crippen LogP contribution is 2.29. The van der Waals surface area contributed by atoms with E-state index >= 15 is 0 Å². The molecule has 0 radical (unpaired) electrons. The van der Waals surface area contributed by atoms with Crippen LogP contribution in [-0.4, -0.2) is 4.98 Å².